The number of thiocarbonyl (C=S) groups is 1. The predicted molar refractivity (Wildman–Crippen MR) is 101 cm³/mol. The Balaban J connectivity index is 2.11. The summed E-state index contributed by atoms with van der Waals surface area (Å²) >= 11 is 18.8. The highest BCUT2D eigenvalue weighted by atomic mass is 127. The van der Waals surface area contributed by atoms with E-state index in [2.05, 4.69) is 33.2 Å². The molecule has 8 heteroatoms. The monoisotopic (exact) mass is 466 g/mol. The minimum Gasteiger partial charge on any atom is -0.504 e. The van der Waals surface area contributed by atoms with Crippen molar-refractivity contribution in [3.8, 4) is 5.75 Å². The number of phenols is 1. The topological polar surface area (TPSA) is 61.4 Å². The minimum atomic E-state index is -0.352. The number of halogens is 3. The molecule has 1 amide bonds. The molecule has 0 bridgehead atoms. The summed E-state index contributed by atoms with van der Waals surface area (Å²) in [6, 6.07) is 9.95. The third-order valence-electron chi connectivity index (χ3n) is 2.62. The van der Waals surface area contributed by atoms with Crippen molar-refractivity contribution in [2.24, 2.45) is 0 Å². The summed E-state index contributed by atoms with van der Waals surface area (Å²) in [5.74, 6) is -0.549. The molecule has 22 heavy (non-hydrogen) atoms. The van der Waals surface area contributed by atoms with Crippen LogP contribution in [0, 0.1) is 3.57 Å². The number of hydrogen-bond donors (Lipinski definition) is 3. The van der Waals surface area contributed by atoms with Crippen LogP contribution in [0.2, 0.25) is 10.0 Å². The second-order valence-corrected chi connectivity index (χ2v) is 6.59. The van der Waals surface area contributed by atoms with Gasteiger partial charge in [-0.05, 0) is 59.1 Å². The van der Waals surface area contributed by atoms with E-state index < -0.39 is 0 Å². The molecule has 2 rings (SSSR count). The molecule has 0 aliphatic carbocycles. The highest BCUT2D eigenvalue weighted by molar-refractivity contribution is 14.1. The van der Waals surface area contributed by atoms with Crippen molar-refractivity contribution in [2.45, 2.75) is 0 Å². The van der Waals surface area contributed by atoms with Gasteiger partial charge in [-0.25, -0.2) is 0 Å². The van der Waals surface area contributed by atoms with Crippen molar-refractivity contribution in [1.29, 1.82) is 0 Å². The molecule has 2 aromatic carbocycles. The molecule has 0 aliphatic rings. The average molecular weight is 467 g/mol. The first-order valence-electron chi connectivity index (χ1n) is 5.93. The van der Waals surface area contributed by atoms with Gasteiger partial charge in [0.05, 0.1) is 16.3 Å². The van der Waals surface area contributed by atoms with Crippen molar-refractivity contribution >= 4 is 74.7 Å². The molecule has 0 aromatic heterocycles. The number of benzene rings is 2. The van der Waals surface area contributed by atoms with Gasteiger partial charge in [-0.15, -0.1) is 0 Å². The maximum atomic E-state index is 12.1. The Labute approximate surface area is 156 Å². The van der Waals surface area contributed by atoms with Crippen LogP contribution in [0.4, 0.5) is 5.69 Å². The molecule has 0 atom stereocenters. The number of aromatic hydroxyl groups is 1. The third kappa shape index (κ3) is 4.22. The van der Waals surface area contributed by atoms with Crippen LogP contribution in [0.15, 0.2) is 36.4 Å². The first kappa shape index (κ1) is 17.3. The van der Waals surface area contributed by atoms with Gasteiger partial charge in [-0.1, -0.05) is 35.3 Å². The SMILES string of the molecule is O=C(NC(=S)Nc1cc(Cl)cc(Cl)c1O)c1ccccc1I. The van der Waals surface area contributed by atoms with Crippen molar-refractivity contribution in [2.75, 3.05) is 5.32 Å². The lowest BCUT2D eigenvalue weighted by molar-refractivity contribution is 0.0977. The molecule has 2 aromatic rings. The molecule has 0 saturated carbocycles. The molecule has 0 heterocycles. The van der Waals surface area contributed by atoms with Gasteiger partial charge in [0, 0.05) is 8.59 Å². The van der Waals surface area contributed by atoms with Crippen molar-refractivity contribution in [3.05, 3.63) is 55.6 Å². The van der Waals surface area contributed by atoms with E-state index in [0.717, 1.165) is 3.57 Å². The number of hydrogen-bond acceptors (Lipinski definition) is 3. The lowest BCUT2D eigenvalue weighted by Crippen LogP contribution is -2.34. The summed E-state index contributed by atoms with van der Waals surface area (Å²) < 4.78 is 0.800. The Morgan fingerprint density at radius 2 is 1.91 bits per heavy atom. The quantitative estimate of drug-likeness (QED) is 0.348. The zero-order valence-electron chi connectivity index (χ0n) is 10.9. The van der Waals surface area contributed by atoms with E-state index in [1.807, 2.05) is 12.1 Å². The van der Waals surface area contributed by atoms with Gasteiger partial charge >= 0.3 is 0 Å². The maximum Gasteiger partial charge on any atom is 0.258 e. The zero-order valence-corrected chi connectivity index (χ0v) is 15.3. The summed E-state index contributed by atoms with van der Waals surface area (Å²) in [6.07, 6.45) is 0. The average Bonchev–Trinajstić information content (AvgIpc) is 2.44. The molecule has 3 N–H and O–H groups in total. The van der Waals surface area contributed by atoms with Crippen LogP contribution in [-0.4, -0.2) is 16.1 Å². The van der Waals surface area contributed by atoms with Gasteiger partial charge in [0.2, 0.25) is 0 Å². The number of phenolic OH excluding ortho intramolecular Hbond substituents is 1. The first-order chi connectivity index (χ1) is 10.4. The lowest BCUT2D eigenvalue weighted by Gasteiger charge is -2.12. The third-order valence-corrected chi connectivity index (χ3v) is 4.27. The van der Waals surface area contributed by atoms with Crippen molar-refractivity contribution in [3.63, 3.8) is 0 Å². The summed E-state index contributed by atoms with van der Waals surface area (Å²) in [5, 5.41) is 15.5. The standard InChI is InChI=1S/C14H9Cl2IN2O2S/c15-7-5-9(16)12(20)11(6-7)18-14(22)19-13(21)8-3-1-2-4-10(8)17/h1-6,20H,(H2,18,19,21,22). The smallest absolute Gasteiger partial charge is 0.258 e. The van der Waals surface area contributed by atoms with E-state index in [4.69, 9.17) is 35.4 Å². The molecule has 0 fully saturated rings. The fraction of sp³-hybridized carbons (Fsp3) is 0. The van der Waals surface area contributed by atoms with E-state index in [1.54, 1.807) is 12.1 Å². The normalized spacial score (nSPS) is 10.1. The van der Waals surface area contributed by atoms with Gasteiger partial charge < -0.3 is 10.4 Å². The van der Waals surface area contributed by atoms with Crippen LogP contribution in [-0.2, 0) is 0 Å². The molecule has 114 valence electrons. The summed E-state index contributed by atoms with van der Waals surface area (Å²) in [5.41, 5.74) is 0.714. The summed E-state index contributed by atoms with van der Waals surface area (Å²) in [7, 11) is 0. The Bertz CT molecular complexity index is 756. The van der Waals surface area contributed by atoms with Crippen LogP contribution < -0.4 is 10.6 Å². The van der Waals surface area contributed by atoms with Crippen LogP contribution in [0.25, 0.3) is 0 Å². The number of carbonyl (C=O) groups excluding carboxylic acids is 1. The summed E-state index contributed by atoms with van der Waals surface area (Å²) in [6.45, 7) is 0. The summed E-state index contributed by atoms with van der Waals surface area (Å²) in [4.78, 5) is 12.1. The van der Waals surface area contributed by atoms with Gasteiger partial charge in [0.1, 0.15) is 0 Å². The van der Waals surface area contributed by atoms with Gasteiger partial charge in [0.15, 0.2) is 10.9 Å². The Hall–Kier alpha value is -1.09. The fourth-order valence-corrected chi connectivity index (χ4v) is 2.96. The van der Waals surface area contributed by atoms with Gasteiger partial charge in [-0.3, -0.25) is 10.1 Å². The Kier molecular flexibility index (Phi) is 5.85. The van der Waals surface area contributed by atoms with E-state index >= 15 is 0 Å². The highest BCUT2D eigenvalue weighted by Crippen LogP contribution is 2.34. The minimum absolute atomic E-state index is 0.0262. The molecule has 0 aliphatic heterocycles. The zero-order chi connectivity index (χ0) is 16.3. The van der Waals surface area contributed by atoms with Crippen LogP contribution in [0.1, 0.15) is 10.4 Å². The fourth-order valence-electron chi connectivity index (χ4n) is 1.63. The Morgan fingerprint density at radius 1 is 1.23 bits per heavy atom. The molecule has 4 nitrogen and oxygen atoms in total. The number of rotatable bonds is 2. The van der Waals surface area contributed by atoms with E-state index in [9.17, 15) is 9.90 Å². The Morgan fingerprint density at radius 3 is 2.59 bits per heavy atom. The lowest BCUT2D eigenvalue weighted by atomic mass is 10.2. The van der Waals surface area contributed by atoms with E-state index in [0.29, 0.717) is 10.6 Å². The van der Waals surface area contributed by atoms with Crippen molar-refractivity contribution in [1.82, 2.24) is 5.32 Å². The predicted octanol–water partition coefficient (Wildman–Crippen LogP) is 4.43. The molecular weight excluding hydrogens is 458 g/mol. The molecule has 0 unspecified atom stereocenters. The highest BCUT2D eigenvalue weighted by Gasteiger charge is 2.13. The molecule has 0 saturated heterocycles. The van der Waals surface area contributed by atoms with Gasteiger partial charge in [-0.2, -0.15) is 0 Å². The number of nitrogens with one attached hydrogen (secondary N) is 2. The molecular formula is C14H9Cl2IN2O2S. The molecule has 0 spiro atoms. The largest absolute Gasteiger partial charge is 0.504 e. The second-order valence-electron chi connectivity index (χ2n) is 4.17. The maximum absolute atomic E-state index is 12.1. The van der Waals surface area contributed by atoms with Crippen molar-refractivity contribution < 1.29 is 9.90 Å². The number of carbonyl (C=O) groups is 1. The molecule has 0 radical (unpaired) electrons. The second kappa shape index (κ2) is 7.45. The number of amides is 1. The van der Waals surface area contributed by atoms with Crippen LogP contribution >= 0.6 is 58.0 Å². The van der Waals surface area contributed by atoms with E-state index in [-0.39, 0.29) is 27.5 Å². The van der Waals surface area contributed by atoms with Crippen LogP contribution in [0.3, 0.4) is 0 Å². The number of anilines is 1. The van der Waals surface area contributed by atoms with Crippen LogP contribution in [0.5, 0.6) is 5.75 Å². The van der Waals surface area contributed by atoms with Gasteiger partial charge in [0.25, 0.3) is 5.91 Å². The first-order valence-corrected chi connectivity index (χ1v) is 8.17. The van der Waals surface area contributed by atoms with E-state index in [1.165, 1.54) is 12.1 Å².